The lowest BCUT2D eigenvalue weighted by Crippen LogP contribution is -2.33. The van der Waals surface area contributed by atoms with Gasteiger partial charge >= 0.3 is 6.47 Å². The number of carbonyl (C=O) groups excluding carboxylic acids is 1. The summed E-state index contributed by atoms with van der Waals surface area (Å²) in [6, 6.07) is 0. The van der Waals surface area contributed by atoms with Crippen molar-refractivity contribution >= 4 is 6.47 Å². The van der Waals surface area contributed by atoms with Crippen LogP contribution in [0, 0.1) is 0 Å². The van der Waals surface area contributed by atoms with Gasteiger partial charge in [-0.1, -0.05) is 0 Å². The van der Waals surface area contributed by atoms with Gasteiger partial charge in [0.05, 0.1) is 0 Å². The Morgan fingerprint density at radius 1 is 1.73 bits per heavy atom. The van der Waals surface area contributed by atoms with Crippen LogP contribution in [0.15, 0.2) is 12.0 Å². The summed E-state index contributed by atoms with van der Waals surface area (Å²) >= 11 is 0. The molecule has 0 aliphatic carbocycles. The molecule has 5 nitrogen and oxygen atoms in total. The van der Waals surface area contributed by atoms with Crippen LogP contribution in [0.4, 0.5) is 0 Å². The van der Waals surface area contributed by atoms with Crippen molar-refractivity contribution in [2.45, 2.75) is 12.2 Å². The van der Waals surface area contributed by atoms with Gasteiger partial charge in [-0.2, -0.15) is 0 Å². The second kappa shape index (κ2) is 3.36. The Hall–Kier alpha value is -1.07. The van der Waals surface area contributed by atoms with E-state index in [0.717, 1.165) is 6.08 Å². The van der Waals surface area contributed by atoms with Crippen molar-refractivity contribution in [3.05, 3.63) is 12.0 Å². The van der Waals surface area contributed by atoms with Gasteiger partial charge in [-0.05, 0) is 0 Å². The minimum atomic E-state index is -1.03. The molecule has 5 heteroatoms. The molecule has 0 aromatic heterocycles. The number of hydrogen-bond donors (Lipinski definition) is 2. The van der Waals surface area contributed by atoms with E-state index in [0.29, 0.717) is 0 Å². The van der Waals surface area contributed by atoms with Crippen molar-refractivity contribution in [1.29, 1.82) is 0 Å². The Morgan fingerprint density at radius 3 is 3.00 bits per heavy atom. The smallest absolute Gasteiger partial charge is 0.300 e. The zero-order valence-corrected chi connectivity index (χ0v) is 5.64. The number of hydrogen-bond acceptors (Lipinski definition) is 5. The van der Waals surface area contributed by atoms with Gasteiger partial charge in [0, 0.05) is 6.08 Å². The summed E-state index contributed by atoms with van der Waals surface area (Å²) in [5, 5.41) is 17.9. The summed E-state index contributed by atoms with van der Waals surface area (Å²) in [6.07, 6.45) is -0.851. The summed E-state index contributed by atoms with van der Waals surface area (Å²) in [6.45, 7) is 0.122. The third-order valence-corrected chi connectivity index (χ3v) is 1.26. The molecule has 2 atom stereocenters. The van der Waals surface area contributed by atoms with Crippen molar-refractivity contribution < 1.29 is 24.5 Å². The molecule has 0 spiro atoms. The Morgan fingerprint density at radius 2 is 2.45 bits per heavy atom. The fraction of sp³-hybridized carbons (Fsp3) is 0.500. The lowest BCUT2D eigenvalue weighted by Gasteiger charge is -2.21. The molecule has 0 fully saturated rings. The Labute approximate surface area is 62.8 Å². The minimum absolute atomic E-state index is 0.0686. The first-order valence-electron chi connectivity index (χ1n) is 3.05. The van der Waals surface area contributed by atoms with Crippen LogP contribution < -0.4 is 0 Å². The quantitative estimate of drug-likeness (QED) is 0.494. The topological polar surface area (TPSA) is 76.0 Å². The first-order chi connectivity index (χ1) is 5.24. The molecule has 0 saturated heterocycles. The largest absolute Gasteiger partial charge is 0.462 e. The Balaban J connectivity index is 2.55. The SMILES string of the molecule is O=COC1=C[C@@H](O)C(O)CO1. The third kappa shape index (κ3) is 1.92. The molecule has 0 amide bonds. The third-order valence-electron chi connectivity index (χ3n) is 1.26. The van der Waals surface area contributed by atoms with Crippen LogP contribution in [-0.4, -0.2) is 35.5 Å². The Kier molecular flexibility index (Phi) is 2.45. The fourth-order valence-corrected chi connectivity index (χ4v) is 0.685. The van der Waals surface area contributed by atoms with Crippen molar-refractivity contribution in [2.75, 3.05) is 6.61 Å². The fourth-order valence-electron chi connectivity index (χ4n) is 0.685. The molecule has 1 heterocycles. The lowest BCUT2D eigenvalue weighted by molar-refractivity contribution is -0.134. The van der Waals surface area contributed by atoms with Gasteiger partial charge in [-0.15, -0.1) is 0 Å². The highest BCUT2D eigenvalue weighted by Gasteiger charge is 2.22. The highest BCUT2D eigenvalue weighted by Crippen LogP contribution is 2.11. The standard InChI is InChI=1S/C6H8O5/c7-3-11-6-1-4(8)5(9)2-10-6/h1,3-5,8-9H,2H2/t4-,5?/m1/s1. The molecule has 1 aliphatic rings. The Bertz CT molecular complexity index is 176. The van der Waals surface area contributed by atoms with E-state index in [1.54, 1.807) is 0 Å². The number of ether oxygens (including phenoxy) is 2. The summed E-state index contributed by atoms with van der Waals surface area (Å²) in [7, 11) is 0. The van der Waals surface area contributed by atoms with E-state index in [1.807, 2.05) is 0 Å². The molecular weight excluding hydrogens is 152 g/mol. The van der Waals surface area contributed by atoms with Crippen LogP contribution >= 0.6 is 0 Å². The van der Waals surface area contributed by atoms with Gasteiger partial charge in [-0.3, -0.25) is 4.79 Å². The van der Waals surface area contributed by atoms with Crippen LogP contribution in [0.25, 0.3) is 0 Å². The van der Waals surface area contributed by atoms with E-state index < -0.39 is 12.2 Å². The number of aliphatic hydroxyl groups excluding tert-OH is 2. The maximum Gasteiger partial charge on any atom is 0.300 e. The average Bonchev–Trinajstić information content (AvgIpc) is 1.98. The molecule has 11 heavy (non-hydrogen) atoms. The predicted molar refractivity (Wildman–Crippen MR) is 33.2 cm³/mol. The van der Waals surface area contributed by atoms with E-state index in [9.17, 15) is 4.79 Å². The van der Waals surface area contributed by atoms with Crippen molar-refractivity contribution in [3.63, 3.8) is 0 Å². The van der Waals surface area contributed by atoms with Gasteiger partial charge in [0.15, 0.2) is 0 Å². The van der Waals surface area contributed by atoms with Gasteiger partial charge in [0.2, 0.25) is 0 Å². The van der Waals surface area contributed by atoms with Crippen molar-refractivity contribution in [3.8, 4) is 0 Å². The van der Waals surface area contributed by atoms with E-state index in [4.69, 9.17) is 14.9 Å². The number of carbonyl (C=O) groups is 1. The molecule has 0 saturated carbocycles. The normalized spacial score (nSPS) is 30.2. The van der Waals surface area contributed by atoms with Gasteiger partial charge < -0.3 is 19.7 Å². The van der Waals surface area contributed by atoms with E-state index >= 15 is 0 Å². The molecule has 0 radical (unpaired) electrons. The highest BCUT2D eigenvalue weighted by atomic mass is 16.7. The van der Waals surface area contributed by atoms with Crippen LogP contribution in [0.1, 0.15) is 0 Å². The van der Waals surface area contributed by atoms with Gasteiger partial charge in [-0.25, -0.2) is 0 Å². The maximum atomic E-state index is 9.77. The summed E-state index contributed by atoms with van der Waals surface area (Å²) in [4.78, 5) is 9.77. The second-order valence-corrected chi connectivity index (χ2v) is 2.07. The molecule has 62 valence electrons. The second-order valence-electron chi connectivity index (χ2n) is 2.07. The lowest BCUT2D eigenvalue weighted by atomic mass is 10.2. The van der Waals surface area contributed by atoms with Crippen LogP contribution in [0.2, 0.25) is 0 Å². The molecule has 0 aromatic rings. The van der Waals surface area contributed by atoms with Crippen molar-refractivity contribution in [2.24, 2.45) is 0 Å². The minimum Gasteiger partial charge on any atom is -0.462 e. The van der Waals surface area contributed by atoms with Crippen LogP contribution in [-0.2, 0) is 14.3 Å². The zero-order valence-electron chi connectivity index (χ0n) is 5.64. The highest BCUT2D eigenvalue weighted by molar-refractivity contribution is 5.39. The first-order valence-corrected chi connectivity index (χ1v) is 3.05. The van der Waals surface area contributed by atoms with Gasteiger partial charge in [0.25, 0.3) is 5.95 Å². The summed E-state index contributed by atoms with van der Waals surface area (Å²) < 4.78 is 8.99. The molecule has 1 unspecified atom stereocenters. The predicted octanol–water partition coefficient (Wildman–Crippen LogP) is -1.25. The summed E-state index contributed by atoms with van der Waals surface area (Å²) in [5.41, 5.74) is 0. The molecule has 2 N–H and O–H groups in total. The average molecular weight is 160 g/mol. The van der Waals surface area contributed by atoms with Gasteiger partial charge in [0.1, 0.15) is 18.8 Å². The van der Waals surface area contributed by atoms with Crippen LogP contribution in [0.3, 0.4) is 0 Å². The number of aliphatic hydroxyl groups is 2. The van der Waals surface area contributed by atoms with Crippen molar-refractivity contribution in [1.82, 2.24) is 0 Å². The molecular formula is C6H8O5. The molecule has 1 rings (SSSR count). The monoisotopic (exact) mass is 160 g/mol. The van der Waals surface area contributed by atoms with Crippen LogP contribution in [0.5, 0.6) is 0 Å². The maximum absolute atomic E-state index is 9.77. The summed E-state index contributed by atoms with van der Waals surface area (Å²) in [5.74, 6) is -0.0715. The number of rotatable bonds is 2. The first kappa shape index (κ1) is 8.03. The molecule has 0 bridgehead atoms. The molecule has 0 aromatic carbocycles. The van der Waals surface area contributed by atoms with E-state index in [-0.39, 0.29) is 19.0 Å². The van der Waals surface area contributed by atoms with E-state index in [2.05, 4.69) is 4.74 Å². The van der Waals surface area contributed by atoms with E-state index in [1.165, 1.54) is 0 Å². The molecule has 1 aliphatic heterocycles. The zero-order chi connectivity index (χ0) is 8.27.